The Bertz CT molecular complexity index is 1110. The van der Waals surface area contributed by atoms with Crippen molar-refractivity contribution < 1.29 is 9.47 Å². The van der Waals surface area contributed by atoms with Gasteiger partial charge >= 0.3 is 0 Å². The zero-order valence-corrected chi connectivity index (χ0v) is 18.6. The smallest absolute Gasteiger partial charge is 0.281 e. The molecule has 11 heteroatoms. The number of hydrogen-bond acceptors (Lipinski definition) is 6. The summed E-state index contributed by atoms with van der Waals surface area (Å²) in [5.74, 6) is 0.0646. The summed E-state index contributed by atoms with van der Waals surface area (Å²) in [4.78, 5) is 13.1. The van der Waals surface area contributed by atoms with Crippen molar-refractivity contribution >= 4 is 45.3 Å². The summed E-state index contributed by atoms with van der Waals surface area (Å²) in [5, 5.41) is -3.32. The van der Waals surface area contributed by atoms with Crippen LogP contribution in [0.4, 0.5) is 0 Å². The van der Waals surface area contributed by atoms with E-state index in [1.165, 1.54) is 6.33 Å². The molecule has 1 aromatic carbocycles. The Balaban J connectivity index is 1.62. The normalized spacial score (nSPS) is 32.5. The van der Waals surface area contributed by atoms with E-state index in [0.717, 1.165) is 28.7 Å². The summed E-state index contributed by atoms with van der Waals surface area (Å²) < 4.78 is 11.5. The quantitative estimate of drug-likeness (QED) is 0.723. The fourth-order valence-corrected chi connectivity index (χ4v) is 6.28. The van der Waals surface area contributed by atoms with Crippen LogP contribution in [0.15, 0.2) is 41.9 Å². The van der Waals surface area contributed by atoms with Crippen molar-refractivity contribution in [2.45, 2.75) is 54.9 Å². The van der Waals surface area contributed by atoms with E-state index in [1.54, 1.807) is 12.4 Å². The number of hydrogen-bond donors (Lipinski definition) is 1. The van der Waals surface area contributed by atoms with Gasteiger partial charge in [0.05, 0.1) is 35.0 Å². The predicted octanol–water partition coefficient (Wildman–Crippen LogP) is 0.539. The van der Waals surface area contributed by atoms with Crippen molar-refractivity contribution in [3.63, 3.8) is 0 Å². The Morgan fingerprint density at radius 1 is 1.15 bits per heavy atom. The average molecular weight is 427 g/mol. The maximum absolute atomic E-state index is 6.64. The van der Waals surface area contributed by atoms with E-state index in [-0.39, 0.29) is 18.0 Å². The van der Waals surface area contributed by atoms with Crippen molar-refractivity contribution in [2.24, 2.45) is 22.1 Å². The largest absolute Gasteiger partial charge is 0.476 e. The van der Waals surface area contributed by atoms with Gasteiger partial charge < -0.3 is 15.2 Å². The molecule has 3 aliphatic rings. The molecule has 1 aliphatic heterocycles. The summed E-state index contributed by atoms with van der Waals surface area (Å²) in [5.41, 5.74) is 8.40. The van der Waals surface area contributed by atoms with Crippen molar-refractivity contribution in [3.8, 4) is 11.1 Å². The van der Waals surface area contributed by atoms with Gasteiger partial charge in [-0.05, 0) is 59.7 Å². The van der Waals surface area contributed by atoms with Crippen LogP contribution in [0.3, 0.4) is 0 Å². The van der Waals surface area contributed by atoms with E-state index in [4.69, 9.17) is 59.4 Å². The molecule has 1 saturated carbocycles. The van der Waals surface area contributed by atoms with E-state index in [0.29, 0.717) is 19.3 Å². The molecule has 0 unspecified atom stereocenters. The number of ether oxygens (including phenoxy) is 2. The van der Waals surface area contributed by atoms with E-state index in [2.05, 4.69) is 29.0 Å². The molecule has 2 aromatic rings. The summed E-state index contributed by atoms with van der Waals surface area (Å²) in [6, 6.07) is 6.18. The number of rotatable bonds is 3. The summed E-state index contributed by atoms with van der Waals surface area (Å²) in [6.07, 6.45) is 7.59. The third-order valence-corrected chi connectivity index (χ3v) is 7.42. The highest BCUT2D eigenvalue weighted by molar-refractivity contribution is 6.58. The molecular formula is C22H21B5N4O2. The van der Waals surface area contributed by atoms with Gasteiger partial charge in [-0.3, -0.25) is 0 Å². The second kappa shape index (κ2) is 7.43. The molecule has 2 spiro atoms. The second-order valence-electron chi connectivity index (χ2n) is 9.74. The number of benzene rings is 1. The van der Waals surface area contributed by atoms with Crippen LogP contribution in [0.2, 0.25) is 0 Å². The van der Waals surface area contributed by atoms with Crippen LogP contribution >= 0.6 is 0 Å². The SMILES string of the molecule is [B]C([B])([B])O[C@H]1CC[C@@]2(Cc3ccc(-c4cncnc4)cc3[C@]23N=C(N)OC3([B])[B])C[C@@H]1C. The molecule has 1 fully saturated rings. The molecule has 33 heavy (non-hydrogen) atoms. The molecule has 156 valence electrons. The molecule has 0 bridgehead atoms. The highest BCUT2D eigenvalue weighted by Crippen LogP contribution is 2.65. The molecule has 1 aromatic heterocycles. The van der Waals surface area contributed by atoms with Gasteiger partial charge in [-0.25, -0.2) is 15.0 Å². The fraction of sp³-hybridized carbons (Fsp3) is 0.500. The van der Waals surface area contributed by atoms with E-state index >= 15 is 0 Å². The Morgan fingerprint density at radius 2 is 1.88 bits per heavy atom. The van der Waals surface area contributed by atoms with Gasteiger partial charge in [-0.2, -0.15) is 0 Å². The van der Waals surface area contributed by atoms with Gasteiger partial charge in [0.15, 0.2) is 0 Å². The number of amidine groups is 1. The van der Waals surface area contributed by atoms with Crippen LogP contribution in [0.25, 0.3) is 11.1 Å². The first-order valence-corrected chi connectivity index (χ1v) is 11.0. The molecule has 4 atom stereocenters. The maximum atomic E-state index is 6.64. The van der Waals surface area contributed by atoms with E-state index in [1.807, 2.05) is 6.07 Å². The summed E-state index contributed by atoms with van der Waals surface area (Å²) >= 11 is 0. The van der Waals surface area contributed by atoms with Crippen LogP contribution in [-0.2, 0) is 21.4 Å². The van der Waals surface area contributed by atoms with Crippen LogP contribution in [0, 0.1) is 11.3 Å². The summed E-state index contributed by atoms with van der Waals surface area (Å²) in [7, 11) is 30.4. The molecular weight excluding hydrogens is 406 g/mol. The Hall–Kier alpha value is -2.15. The van der Waals surface area contributed by atoms with Crippen molar-refractivity contribution in [3.05, 3.63) is 48.0 Å². The van der Waals surface area contributed by atoms with Crippen LogP contribution in [-0.4, -0.2) is 72.0 Å². The van der Waals surface area contributed by atoms with Crippen LogP contribution in [0.5, 0.6) is 0 Å². The minimum atomic E-state index is -1.70. The van der Waals surface area contributed by atoms with Crippen molar-refractivity contribution in [2.75, 3.05) is 0 Å². The summed E-state index contributed by atoms with van der Waals surface area (Å²) in [6.45, 7) is 2.08. The highest BCUT2D eigenvalue weighted by Gasteiger charge is 2.68. The monoisotopic (exact) mass is 428 g/mol. The van der Waals surface area contributed by atoms with Crippen molar-refractivity contribution in [1.29, 1.82) is 0 Å². The lowest BCUT2D eigenvalue weighted by atomic mass is 9.44. The average Bonchev–Trinajstić information content (AvgIpc) is 3.14. The topological polar surface area (TPSA) is 82.6 Å². The highest BCUT2D eigenvalue weighted by atomic mass is 16.5. The van der Waals surface area contributed by atoms with E-state index < -0.39 is 21.7 Å². The third-order valence-electron chi connectivity index (χ3n) is 7.42. The number of nitrogens with two attached hydrogens (primary N) is 1. The maximum Gasteiger partial charge on any atom is 0.281 e. The zero-order chi connectivity index (χ0) is 23.6. The Labute approximate surface area is 201 Å². The number of aromatic nitrogens is 2. The number of nitrogens with zero attached hydrogens (tertiary/aromatic N) is 3. The predicted molar refractivity (Wildman–Crippen MR) is 130 cm³/mol. The first-order valence-electron chi connectivity index (χ1n) is 11.0. The van der Waals surface area contributed by atoms with Crippen molar-refractivity contribution in [1.82, 2.24) is 9.97 Å². The first-order chi connectivity index (χ1) is 15.5. The molecule has 0 saturated heterocycles. The molecule has 6 nitrogen and oxygen atoms in total. The van der Waals surface area contributed by atoms with Gasteiger partial charge in [0, 0.05) is 23.4 Å². The van der Waals surface area contributed by atoms with Gasteiger partial charge in [-0.15, -0.1) is 0 Å². The molecule has 2 aliphatic carbocycles. The Morgan fingerprint density at radius 3 is 2.48 bits per heavy atom. The van der Waals surface area contributed by atoms with Gasteiger partial charge in [0.2, 0.25) is 0 Å². The van der Waals surface area contributed by atoms with Crippen LogP contribution in [0.1, 0.15) is 37.3 Å². The van der Waals surface area contributed by atoms with Gasteiger partial charge in [0.25, 0.3) is 6.02 Å². The second-order valence-corrected chi connectivity index (χ2v) is 9.74. The first kappa shape index (κ1) is 22.6. The lowest BCUT2D eigenvalue weighted by Crippen LogP contribution is -2.60. The van der Waals surface area contributed by atoms with Crippen LogP contribution < -0.4 is 5.73 Å². The lowest BCUT2D eigenvalue weighted by Gasteiger charge is -2.54. The fourth-order valence-electron chi connectivity index (χ4n) is 6.28. The number of aliphatic imine (C=N–C) groups is 1. The molecule has 0 amide bonds. The zero-order valence-electron chi connectivity index (χ0n) is 18.6. The Kier molecular flexibility index (Phi) is 5.09. The lowest BCUT2D eigenvalue weighted by molar-refractivity contribution is -0.0743. The number of fused-ring (bicyclic) bond motifs is 3. The molecule has 2 heterocycles. The van der Waals surface area contributed by atoms with E-state index in [9.17, 15) is 0 Å². The minimum absolute atomic E-state index is 0.0170. The molecule has 2 N–H and O–H groups in total. The molecule has 5 rings (SSSR count). The molecule has 10 radical (unpaired) electrons. The third kappa shape index (κ3) is 3.46. The standard InChI is InChI=1S/C22H21B5N4O2/c1-12-7-19(5-4-17(12)32-22(25,26)27)8-14-3-2-13(15-9-29-11-30-10-15)6-16(14)20(19)21(23,24)33-18(28)31-20/h2-3,6,9-12,17H,4-5,7-8H2,1H3,(H2,28,31)/t12-,17-,19-,20-/m0/s1. The van der Waals surface area contributed by atoms with Gasteiger partial charge in [0.1, 0.15) is 27.6 Å². The van der Waals surface area contributed by atoms with Gasteiger partial charge in [-0.1, -0.05) is 19.1 Å². The minimum Gasteiger partial charge on any atom is -0.476 e.